The quantitative estimate of drug-likeness (QED) is 0.0858. The van der Waals surface area contributed by atoms with Gasteiger partial charge in [0.15, 0.2) is 11.5 Å². The fourth-order valence-corrected chi connectivity index (χ4v) is 12.0. The van der Waals surface area contributed by atoms with Crippen LogP contribution in [-0.2, 0) is 12.8 Å². The van der Waals surface area contributed by atoms with Crippen LogP contribution in [-0.4, -0.2) is 59.5 Å². The largest absolute Gasteiger partial charge is 0.508 e. The van der Waals surface area contributed by atoms with Crippen molar-refractivity contribution in [3.05, 3.63) is 74.9 Å². The maximum Gasteiger partial charge on any atom is 0.238 e. The lowest BCUT2D eigenvalue weighted by Crippen LogP contribution is -2.48. The number of hydrogen-bond acceptors (Lipinski definition) is 11. The molecule has 3 aromatic carbocycles. The maximum atomic E-state index is 14.4. The smallest absolute Gasteiger partial charge is 0.238 e. The number of ether oxygens (including phenoxy) is 1. The summed E-state index contributed by atoms with van der Waals surface area (Å²) in [6.07, 6.45) is 4.53. The first-order valence-electron chi connectivity index (χ1n) is 19.0. The SMILES string of the molecule is CC(C)Cc1cc(-c2oc3cc(O)c4c(c3c(=O)c2O)O[C@H]2CC[C@@H](O)[C@]3(CCCC[C@H]3CC#C4)SSCCC[C@H]2O)cc(Cc2cccc(O)c2)c1O. The van der Waals surface area contributed by atoms with Crippen LogP contribution in [0.15, 0.2) is 51.7 Å². The molecule has 6 N–H and O–H groups in total. The number of phenolic OH excluding ortho intramolecular Hbond substituents is 3. The van der Waals surface area contributed by atoms with Crippen LogP contribution in [0.4, 0.5) is 0 Å². The molecular weight excluding hydrogens is 725 g/mol. The summed E-state index contributed by atoms with van der Waals surface area (Å²) in [5.41, 5.74) is 1.45. The van der Waals surface area contributed by atoms with Crippen molar-refractivity contribution in [1.82, 2.24) is 0 Å². The molecule has 2 bridgehead atoms. The minimum Gasteiger partial charge on any atom is -0.508 e. The molecule has 7 rings (SSSR count). The molecule has 0 unspecified atom stereocenters. The number of benzene rings is 3. The molecule has 1 spiro atoms. The van der Waals surface area contributed by atoms with E-state index in [4.69, 9.17) is 9.15 Å². The molecule has 11 heteroatoms. The first kappa shape index (κ1) is 38.3. The molecule has 286 valence electrons. The van der Waals surface area contributed by atoms with E-state index < -0.39 is 29.5 Å². The van der Waals surface area contributed by atoms with Gasteiger partial charge in [-0.3, -0.25) is 4.79 Å². The third kappa shape index (κ3) is 7.63. The molecule has 1 saturated carbocycles. The summed E-state index contributed by atoms with van der Waals surface area (Å²) in [7, 11) is 3.51. The van der Waals surface area contributed by atoms with Gasteiger partial charge in [-0.05, 0) is 97.7 Å². The number of aliphatic hydroxyl groups excluding tert-OH is 2. The Labute approximate surface area is 323 Å². The van der Waals surface area contributed by atoms with Gasteiger partial charge in [0, 0.05) is 30.2 Å². The van der Waals surface area contributed by atoms with Gasteiger partial charge in [0.1, 0.15) is 39.9 Å². The lowest BCUT2D eigenvalue weighted by Gasteiger charge is -2.46. The highest BCUT2D eigenvalue weighted by Crippen LogP contribution is 2.54. The zero-order valence-corrected chi connectivity index (χ0v) is 32.3. The Kier molecular flexibility index (Phi) is 11.4. The predicted molar refractivity (Wildman–Crippen MR) is 213 cm³/mol. The number of rotatable bonds is 5. The molecular formula is C43H48O9S2. The second-order valence-corrected chi connectivity index (χ2v) is 18.2. The molecule has 3 heterocycles. The Bertz CT molecular complexity index is 2150. The highest BCUT2D eigenvalue weighted by atomic mass is 33.1. The summed E-state index contributed by atoms with van der Waals surface area (Å²) in [4.78, 5) is 14.4. The molecule has 1 aliphatic carbocycles. The molecule has 5 atom stereocenters. The molecule has 4 aromatic rings. The second-order valence-electron chi connectivity index (χ2n) is 15.4. The van der Waals surface area contributed by atoms with Crippen molar-refractivity contribution in [2.24, 2.45) is 11.8 Å². The molecule has 1 aromatic heterocycles. The standard InChI is InChI=1S/C43H48O9S2/c1-24(2)18-26-21-28(22-27(38(26)48)19-25-8-5-11-30(44)20-25)41-40(50)39(49)37-35(52-41)23-33(46)31-12-6-10-29-9-3-4-16-43(29)36(47)15-14-34(51-42(31)37)32(45)13-7-17-53-54-43/h5,8,11,20-24,29,32,34,36,44-48,50H,3-4,7,9-10,13-19H2,1-2H3/t29-,32+,34-,36+,43+/m0/s1. The van der Waals surface area contributed by atoms with Crippen molar-refractivity contribution in [2.75, 3.05) is 5.75 Å². The fraction of sp³-hybridized carbons (Fsp3) is 0.465. The van der Waals surface area contributed by atoms with E-state index in [9.17, 15) is 35.4 Å². The van der Waals surface area contributed by atoms with Crippen molar-refractivity contribution in [2.45, 2.75) is 108 Å². The summed E-state index contributed by atoms with van der Waals surface area (Å²) >= 11 is 0. The van der Waals surface area contributed by atoms with E-state index in [1.807, 2.05) is 19.9 Å². The summed E-state index contributed by atoms with van der Waals surface area (Å²) in [6.45, 7) is 4.04. The average Bonchev–Trinajstić information content (AvgIpc) is 3.15. The van der Waals surface area contributed by atoms with Crippen molar-refractivity contribution in [1.29, 1.82) is 0 Å². The lowest BCUT2D eigenvalue weighted by molar-refractivity contribution is 0.00694. The van der Waals surface area contributed by atoms with E-state index in [1.165, 1.54) is 6.07 Å². The Balaban J connectivity index is 1.39. The Hall–Kier alpha value is -3.95. The van der Waals surface area contributed by atoms with Crippen LogP contribution in [0.1, 0.15) is 93.9 Å². The molecule has 0 amide bonds. The second kappa shape index (κ2) is 16.0. The number of hydrogen-bond donors (Lipinski definition) is 6. The zero-order valence-electron chi connectivity index (χ0n) is 30.6. The van der Waals surface area contributed by atoms with Crippen LogP contribution < -0.4 is 10.2 Å². The van der Waals surface area contributed by atoms with Gasteiger partial charge in [0.05, 0.1) is 17.0 Å². The number of aromatic hydroxyl groups is 4. The highest BCUT2D eigenvalue weighted by molar-refractivity contribution is 8.77. The Morgan fingerprint density at radius 2 is 1.76 bits per heavy atom. The molecule has 3 aliphatic rings. The van der Waals surface area contributed by atoms with Crippen LogP contribution >= 0.6 is 21.6 Å². The third-order valence-electron chi connectivity index (χ3n) is 11.1. The summed E-state index contributed by atoms with van der Waals surface area (Å²) in [6, 6.07) is 11.4. The predicted octanol–water partition coefficient (Wildman–Crippen LogP) is 8.18. The van der Waals surface area contributed by atoms with Gasteiger partial charge in [-0.1, -0.05) is 72.3 Å². The lowest BCUT2D eigenvalue weighted by atomic mass is 9.72. The number of aliphatic hydroxyl groups is 2. The fourth-order valence-electron chi connectivity index (χ4n) is 8.36. The van der Waals surface area contributed by atoms with Crippen molar-refractivity contribution < 1.29 is 39.8 Å². The first-order chi connectivity index (χ1) is 25.9. The third-order valence-corrected chi connectivity index (χ3v) is 14.6. The highest BCUT2D eigenvalue weighted by Gasteiger charge is 2.47. The van der Waals surface area contributed by atoms with Gasteiger partial charge in [-0.15, -0.1) is 0 Å². The number of fused-ring (bicyclic) bond motifs is 6. The molecule has 9 nitrogen and oxygen atoms in total. The maximum absolute atomic E-state index is 14.4. The average molecular weight is 773 g/mol. The summed E-state index contributed by atoms with van der Waals surface area (Å²) in [5, 5.41) is 67.8. The molecule has 2 fully saturated rings. The van der Waals surface area contributed by atoms with Crippen LogP contribution in [0.2, 0.25) is 0 Å². The minimum absolute atomic E-state index is 0.0451. The van der Waals surface area contributed by atoms with E-state index in [0.717, 1.165) is 43.4 Å². The monoisotopic (exact) mass is 772 g/mol. The Morgan fingerprint density at radius 3 is 2.56 bits per heavy atom. The molecule has 2 aliphatic heterocycles. The Morgan fingerprint density at radius 1 is 0.944 bits per heavy atom. The number of phenols is 3. The van der Waals surface area contributed by atoms with Gasteiger partial charge >= 0.3 is 0 Å². The zero-order chi connectivity index (χ0) is 38.1. The summed E-state index contributed by atoms with van der Waals surface area (Å²) < 4.78 is 12.5. The van der Waals surface area contributed by atoms with Gasteiger partial charge < -0.3 is 39.8 Å². The van der Waals surface area contributed by atoms with E-state index >= 15 is 0 Å². The molecule has 1 saturated heterocycles. The van der Waals surface area contributed by atoms with E-state index in [1.54, 1.807) is 51.9 Å². The van der Waals surface area contributed by atoms with Gasteiger partial charge in [0.2, 0.25) is 11.2 Å². The van der Waals surface area contributed by atoms with Crippen molar-refractivity contribution in [3.63, 3.8) is 0 Å². The summed E-state index contributed by atoms with van der Waals surface area (Å²) in [5.74, 6) is 6.43. The topological polar surface area (TPSA) is 161 Å². The normalized spacial score (nSPS) is 24.7. The van der Waals surface area contributed by atoms with Crippen molar-refractivity contribution >= 4 is 32.6 Å². The molecule has 54 heavy (non-hydrogen) atoms. The van der Waals surface area contributed by atoms with Crippen molar-refractivity contribution in [3.8, 4) is 51.9 Å². The minimum atomic E-state index is -0.929. The van der Waals surface area contributed by atoms with Gasteiger partial charge in [0.25, 0.3) is 0 Å². The first-order valence-corrected chi connectivity index (χ1v) is 21.3. The van der Waals surface area contributed by atoms with Crippen LogP contribution in [0.5, 0.6) is 28.7 Å². The van der Waals surface area contributed by atoms with E-state index in [0.29, 0.717) is 48.8 Å². The molecule has 0 radical (unpaired) electrons. The van der Waals surface area contributed by atoms with E-state index in [-0.39, 0.29) is 68.3 Å². The van der Waals surface area contributed by atoms with Crippen LogP contribution in [0.25, 0.3) is 22.3 Å². The van der Waals surface area contributed by atoms with Crippen LogP contribution in [0, 0.1) is 23.7 Å². The van der Waals surface area contributed by atoms with Gasteiger partial charge in [-0.2, -0.15) is 0 Å². The van der Waals surface area contributed by atoms with Crippen LogP contribution in [0.3, 0.4) is 0 Å². The van der Waals surface area contributed by atoms with Gasteiger partial charge in [-0.25, -0.2) is 0 Å². The van der Waals surface area contributed by atoms with E-state index in [2.05, 4.69) is 11.8 Å².